The predicted octanol–water partition coefficient (Wildman–Crippen LogP) is 6.34. The van der Waals surface area contributed by atoms with Crippen molar-refractivity contribution in [2.45, 2.75) is 69.2 Å². The van der Waals surface area contributed by atoms with Crippen molar-refractivity contribution in [1.29, 1.82) is 0 Å². The summed E-state index contributed by atoms with van der Waals surface area (Å²) in [5.74, 6) is -1.19. The first-order chi connectivity index (χ1) is 20.3. The van der Waals surface area contributed by atoms with Gasteiger partial charge in [-0.15, -0.1) is 0 Å². The van der Waals surface area contributed by atoms with E-state index in [1.54, 1.807) is 25.1 Å². The molecule has 12 heteroatoms. The SMILES string of the molecule is Cc1cccc(CN(C(=O)CN(c2cc(C(F)(F)F)ccc2Cl)S(=O)(=O)c2ccccc2)C(C)C(=O)NC2CCCC2)c1. The maximum absolute atomic E-state index is 14.0. The minimum atomic E-state index is -4.80. The molecule has 0 aromatic heterocycles. The third-order valence-corrected chi connectivity index (χ3v) is 9.55. The fourth-order valence-electron chi connectivity index (χ4n) is 5.09. The van der Waals surface area contributed by atoms with Crippen LogP contribution in [0.25, 0.3) is 0 Å². The lowest BCUT2D eigenvalue weighted by Crippen LogP contribution is -2.52. The highest BCUT2D eigenvalue weighted by molar-refractivity contribution is 7.92. The van der Waals surface area contributed by atoms with Crippen molar-refractivity contribution in [2.75, 3.05) is 10.8 Å². The summed E-state index contributed by atoms with van der Waals surface area (Å²) in [6.07, 6.45) is -1.19. The fourth-order valence-corrected chi connectivity index (χ4v) is 6.81. The molecule has 4 rings (SSSR count). The lowest BCUT2D eigenvalue weighted by atomic mass is 10.1. The summed E-state index contributed by atoms with van der Waals surface area (Å²) < 4.78 is 69.4. The van der Waals surface area contributed by atoms with Gasteiger partial charge in [0.2, 0.25) is 11.8 Å². The van der Waals surface area contributed by atoms with E-state index in [2.05, 4.69) is 5.32 Å². The summed E-state index contributed by atoms with van der Waals surface area (Å²) in [6.45, 7) is 2.49. The Hall–Kier alpha value is -3.57. The molecule has 0 radical (unpaired) electrons. The summed E-state index contributed by atoms with van der Waals surface area (Å²) in [6, 6.07) is 15.6. The molecular weight excluding hydrogens is 603 g/mol. The van der Waals surface area contributed by atoms with Crippen LogP contribution in [0, 0.1) is 6.92 Å². The second-order valence-corrected chi connectivity index (χ2v) is 12.9. The van der Waals surface area contributed by atoms with Crippen LogP contribution in [-0.4, -0.2) is 43.8 Å². The Bertz CT molecular complexity index is 1560. The zero-order valence-electron chi connectivity index (χ0n) is 23.8. The van der Waals surface area contributed by atoms with E-state index in [0.29, 0.717) is 15.9 Å². The summed E-state index contributed by atoms with van der Waals surface area (Å²) >= 11 is 6.29. The van der Waals surface area contributed by atoms with E-state index in [4.69, 9.17) is 11.6 Å². The smallest absolute Gasteiger partial charge is 0.352 e. The van der Waals surface area contributed by atoms with E-state index in [9.17, 15) is 31.2 Å². The number of carbonyl (C=O) groups excluding carboxylic acids is 2. The Morgan fingerprint density at radius 3 is 2.30 bits per heavy atom. The van der Waals surface area contributed by atoms with Crippen LogP contribution >= 0.6 is 11.6 Å². The van der Waals surface area contributed by atoms with Gasteiger partial charge >= 0.3 is 6.18 Å². The van der Waals surface area contributed by atoms with E-state index >= 15 is 0 Å². The first-order valence-electron chi connectivity index (χ1n) is 13.9. The van der Waals surface area contributed by atoms with Crippen molar-refractivity contribution < 1.29 is 31.2 Å². The predicted molar refractivity (Wildman–Crippen MR) is 159 cm³/mol. The van der Waals surface area contributed by atoms with Gasteiger partial charge in [0.05, 0.1) is 21.2 Å². The number of alkyl halides is 3. The molecule has 0 heterocycles. The van der Waals surface area contributed by atoms with Crippen molar-refractivity contribution in [3.8, 4) is 0 Å². The van der Waals surface area contributed by atoms with Gasteiger partial charge in [-0.05, 0) is 62.6 Å². The van der Waals surface area contributed by atoms with Gasteiger partial charge in [-0.3, -0.25) is 13.9 Å². The molecule has 0 saturated heterocycles. The molecule has 1 fully saturated rings. The lowest BCUT2D eigenvalue weighted by molar-refractivity contribution is -0.139. The number of sulfonamides is 1. The number of benzene rings is 3. The van der Waals surface area contributed by atoms with Gasteiger partial charge in [-0.25, -0.2) is 8.42 Å². The number of halogens is 4. The van der Waals surface area contributed by atoms with Gasteiger partial charge in [-0.1, -0.05) is 72.5 Å². The monoisotopic (exact) mass is 635 g/mol. The molecule has 230 valence electrons. The second-order valence-electron chi connectivity index (χ2n) is 10.7. The first-order valence-corrected chi connectivity index (χ1v) is 15.7. The maximum Gasteiger partial charge on any atom is 0.416 e. The minimum absolute atomic E-state index is 0.0234. The van der Waals surface area contributed by atoms with Crippen LogP contribution in [0.3, 0.4) is 0 Å². The topological polar surface area (TPSA) is 86.8 Å². The second kappa shape index (κ2) is 13.4. The van der Waals surface area contributed by atoms with Crippen LogP contribution < -0.4 is 9.62 Å². The van der Waals surface area contributed by atoms with Crippen molar-refractivity contribution >= 4 is 39.1 Å². The van der Waals surface area contributed by atoms with E-state index in [1.165, 1.54) is 29.2 Å². The molecule has 3 aromatic rings. The normalized spacial score (nSPS) is 14.7. The van der Waals surface area contributed by atoms with Crippen molar-refractivity contribution in [2.24, 2.45) is 0 Å². The average Bonchev–Trinajstić information content (AvgIpc) is 3.47. The molecule has 1 saturated carbocycles. The molecular formula is C31H33ClF3N3O4S. The molecule has 1 atom stereocenters. The van der Waals surface area contributed by atoms with E-state index in [1.807, 2.05) is 19.1 Å². The van der Waals surface area contributed by atoms with Gasteiger partial charge in [-0.2, -0.15) is 13.2 Å². The third-order valence-electron chi connectivity index (χ3n) is 7.46. The third kappa shape index (κ3) is 7.88. The van der Waals surface area contributed by atoms with Gasteiger partial charge < -0.3 is 10.2 Å². The molecule has 7 nitrogen and oxygen atoms in total. The zero-order valence-corrected chi connectivity index (χ0v) is 25.3. The van der Waals surface area contributed by atoms with Gasteiger partial charge in [0.25, 0.3) is 10.0 Å². The highest BCUT2D eigenvalue weighted by Gasteiger charge is 2.36. The van der Waals surface area contributed by atoms with Crippen LogP contribution in [-0.2, 0) is 32.3 Å². The molecule has 3 aromatic carbocycles. The molecule has 1 N–H and O–H groups in total. The Morgan fingerprint density at radius 1 is 1.00 bits per heavy atom. The quantitative estimate of drug-likeness (QED) is 0.282. The maximum atomic E-state index is 14.0. The molecule has 1 aliphatic rings. The number of nitrogens with zero attached hydrogens (tertiary/aromatic N) is 2. The summed E-state index contributed by atoms with van der Waals surface area (Å²) in [4.78, 5) is 28.3. The van der Waals surface area contributed by atoms with Crippen LogP contribution in [0.2, 0.25) is 5.02 Å². The van der Waals surface area contributed by atoms with Crippen molar-refractivity contribution in [3.05, 3.63) is 94.5 Å². The Labute approximate surface area is 254 Å². The first kappa shape index (κ1) is 32.3. The van der Waals surface area contributed by atoms with Crippen LogP contribution in [0.15, 0.2) is 77.7 Å². The fraction of sp³-hybridized carbons (Fsp3) is 0.355. The lowest BCUT2D eigenvalue weighted by Gasteiger charge is -2.33. The zero-order chi connectivity index (χ0) is 31.4. The van der Waals surface area contributed by atoms with Crippen molar-refractivity contribution in [3.63, 3.8) is 0 Å². The van der Waals surface area contributed by atoms with Crippen LogP contribution in [0.1, 0.15) is 49.3 Å². The van der Waals surface area contributed by atoms with E-state index < -0.39 is 51.9 Å². The molecule has 43 heavy (non-hydrogen) atoms. The number of hydrogen-bond acceptors (Lipinski definition) is 4. The van der Waals surface area contributed by atoms with Crippen molar-refractivity contribution in [1.82, 2.24) is 10.2 Å². The standard InChI is InChI=1S/C31H33ClF3N3O4S/c1-21-9-8-10-23(17-21)19-37(22(2)30(40)36-25-11-6-7-12-25)29(39)20-38(43(41,42)26-13-4-3-5-14-26)28-18-24(31(33,34)35)15-16-27(28)32/h3-5,8-10,13-18,22,25H,6-7,11-12,19-20H2,1-2H3,(H,36,40). The number of amides is 2. The molecule has 1 unspecified atom stereocenters. The molecule has 0 bridgehead atoms. The number of aryl methyl sites for hydroxylation is 1. The van der Waals surface area contributed by atoms with Gasteiger partial charge in [0.15, 0.2) is 0 Å². The summed E-state index contributed by atoms with van der Waals surface area (Å²) in [7, 11) is -4.58. The Morgan fingerprint density at radius 2 is 1.67 bits per heavy atom. The molecule has 2 amide bonds. The van der Waals surface area contributed by atoms with Crippen LogP contribution in [0.4, 0.5) is 18.9 Å². The number of anilines is 1. The molecule has 1 aliphatic carbocycles. The van der Waals surface area contributed by atoms with E-state index in [0.717, 1.165) is 43.4 Å². The largest absolute Gasteiger partial charge is 0.416 e. The Balaban J connectivity index is 1.76. The highest BCUT2D eigenvalue weighted by Crippen LogP contribution is 2.37. The average molecular weight is 636 g/mol. The number of nitrogens with one attached hydrogen (secondary N) is 1. The van der Waals surface area contributed by atoms with E-state index in [-0.39, 0.29) is 22.5 Å². The number of hydrogen-bond donors (Lipinski definition) is 1. The summed E-state index contributed by atoms with van der Waals surface area (Å²) in [5, 5.41) is 2.68. The van der Waals surface area contributed by atoms with Crippen LogP contribution in [0.5, 0.6) is 0 Å². The molecule has 0 aliphatic heterocycles. The highest BCUT2D eigenvalue weighted by atomic mass is 35.5. The minimum Gasteiger partial charge on any atom is -0.352 e. The van der Waals surface area contributed by atoms with Gasteiger partial charge in [0.1, 0.15) is 12.6 Å². The summed E-state index contributed by atoms with van der Waals surface area (Å²) in [5.41, 5.74) is -0.0266. The number of carbonyl (C=O) groups is 2. The van der Waals surface area contributed by atoms with Gasteiger partial charge in [0, 0.05) is 12.6 Å². The Kier molecular flexibility index (Phi) is 10.1. The molecule has 0 spiro atoms. The number of rotatable bonds is 10.